The summed E-state index contributed by atoms with van der Waals surface area (Å²) in [4.78, 5) is 24.2. The molecule has 4 rings (SSSR count). The lowest BCUT2D eigenvalue weighted by molar-refractivity contribution is -0.274. The van der Waals surface area contributed by atoms with Crippen molar-refractivity contribution in [3.8, 4) is 0 Å². The van der Waals surface area contributed by atoms with Gasteiger partial charge in [0.2, 0.25) is 0 Å². The van der Waals surface area contributed by atoms with E-state index in [0.717, 1.165) is 12.8 Å². The van der Waals surface area contributed by atoms with Crippen LogP contribution in [0, 0.1) is 0 Å². The lowest BCUT2D eigenvalue weighted by Crippen LogP contribution is -2.69. The molecule has 0 aromatic rings. The highest BCUT2D eigenvalue weighted by Crippen LogP contribution is 2.47. The molecule has 4 aliphatic rings. The number of hydrogen-bond donors (Lipinski definition) is 3. The van der Waals surface area contributed by atoms with Crippen LogP contribution < -0.4 is 0 Å². The number of carbonyl (C=O) groups excluding carboxylic acids is 2. The van der Waals surface area contributed by atoms with Crippen molar-refractivity contribution in [3.63, 3.8) is 0 Å². The zero-order valence-corrected chi connectivity index (χ0v) is 54.9. The zero-order chi connectivity index (χ0) is 56.1. The predicted molar refractivity (Wildman–Crippen MR) is 305 cm³/mol. The van der Waals surface area contributed by atoms with Gasteiger partial charge in [-0.05, 0) is 93.9 Å². The zero-order valence-electron chi connectivity index (χ0n) is 49.9. The molecule has 426 valence electrons. The molecule has 3 N–H and O–H groups in total. The molecule has 14 atom stereocenters. The number of rotatable bonds is 18. The molecule has 19 heteroatoms. The second-order valence-electron chi connectivity index (χ2n) is 27.8. The minimum atomic E-state index is -2.34. The van der Waals surface area contributed by atoms with Gasteiger partial charge < -0.3 is 57.0 Å². The number of hydrogen-bond acceptors (Lipinski definition) is 14. The van der Waals surface area contributed by atoms with Crippen LogP contribution in [-0.2, 0) is 51.3 Å². The molecule has 4 heterocycles. The van der Waals surface area contributed by atoms with Crippen molar-refractivity contribution in [3.05, 3.63) is 23.6 Å². The fourth-order valence-electron chi connectivity index (χ4n) is 8.56. The van der Waals surface area contributed by atoms with E-state index in [2.05, 4.69) is 153 Å². The van der Waals surface area contributed by atoms with Crippen LogP contribution >= 0.6 is 0 Å². The number of esters is 2. The van der Waals surface area contributed by atoms with Crippen LogP contribution in [-0.4, -0.2) is 167 Å². The van der Waals surface area contributed by atoms with Crippen molar-refractivity contribution >= 4 is 53.0 Å². The summed E-state index contributed by atoms with van der Waals surface area (Å²) in [7, 11) is -9.97. The van der Waals surface area contributed by atoms with E-state index in [0.29, 0.717) is 26.1 Å². The van der Waals surface area contributed by atoms with Crippen molar-refractivity contribution in [2.45, 2.75) is 294 Å². The quantitative estimate of drug-likeness (QED) is 0.0872. The molecule has 0 aromatic heterocycles. The predicted octanol–water partition coefficient (Wildman–Crippen LogP) is 10.6. The monoisotopic (exact) mass is 1120 g/mol. The maximum atomic E-state index is 12.6. The second kappa shape index (κ2) is 25.9. The molecule has 0 saturated carbocycles. The van der Waals surface area contributed by atoms with Crippen LogP contribution in [0.1, 0.15) is 115 Å². The molecule has 0 bridgehead atoms. The fraction of sp³-hybridized carbons (Fsp3) is 0.889. The summed E-state index contributed by atoms with van der Waals surface area (Å²) in [6, 6.07) is 0. The van der Waals surface area contributed by atoms with E-state index in [1.807, 2.05) is 12.6 Å². The summed E-state index contributed by atoms with van der Waals surface area (Å²) < 4.78 is 58.3. The normalized spacial score (nSPS) is 31.0. The molecule has 0 spiro atoms. The van der Waals surface area contributed by atoms with Gasteiger partial charge in [-0.25, -0.2) is 0 Å². The number of fused-ring (bicyclic) bond motifs is 2. The van der Waals surface area contributed by atoms with E-state index in [4.69, 9.17) is 41.7 Å². The van der Waals surface area contributed by atoms with Gasteiger partial charge in [0, 0.05) is 0 Å². The molecule has 4 aliphatic heterocycles. The summed E-state index contributed by atoms with van der Waals surface area (Å²) in [6.45, 7) is 52.2. The third-order valence-corrected chi connectivity index (χ3v) is 31.8. The van der Waals surface area contributed by atoms with E-state index in [1.54, 1.807) is 13.0 Å². The SMILES string of the molecule is CCOC(=O)C[C@H]1CC[C@@H]2O[C@@H](C(/C=C/[Si](C)(C)C)O[Si](C)(C)C(C)(C)C)C(O[Si](C)(C)C(C)(C)C)[C@@H](O[Si](C)(C)C(C)(C)C)[C@H]2O1.CCOC(=O)C[C@H]1CC[C@@H]2O[C@@H]([C@@H](O)/C=C/[Si](C)(C)C)[C@@H](O)[C@@H](O)[C@H]2O1. The van der Waals surface area contributed by atoms with Crippen molar-refractivity contribution < 1.29 is 66.6 Å². The average molecular weight is 1120 g/mol. The third-order valence-electron chi connectivity index (χ3n) is 16.0. The summed E-state index contributed by atoms with van der Waals surface area (Å²) in [5.74, 6) is -0.562. The summed E-state index contributed by atoms with van der Waals surface area (Å²) in [5, 5.41) is 31.2. The first-order chi connectivity index (χ1) is 33.0. The van der Waals surface area contributed by atoms with Gasteiger partial charge in [0.15, 0.2) is 25.0 Å². The van der Waals surface area contributed by atoms with Gasteiger partial charge in [0.1, 0.15) is 54.9 Å². The Morgan fingerprint density at radius 2 is 0.945 bits per heavy atom. The number of carbonyl (C=O) groups is 2. The first kappa shape index (κ1) is 66.4. The highest BCUT2D eigenvalue weighted by atomic mass is 28.4. The first-order valence-corrected chi connectivity index (χ1v) is 43.3. The van der Waals surface area contributed by atoms with Crippen molar-refractivity contribution in [2.75, 3.05) is 13.2 Å². The Balaban J connectivity index is 0.000000454. The second-order valence-corrected chi connectivity index (χ2v) is 52.2. The maximum Gasteiger partial charge on any atom is 0.308 e. The lowest BCUT2D eigenvalue weighted by Gasteiger charge is -2.56. The van der Waals surface area contributed by atoms with Crippen molar-refractivity contribution in [1.29, 1.82) is 0 Å². The van der Waals surface area contributed by atoms with Crippen molar-refractivity contribution in [1.82, 2.24) is 0 Å². The standard InChI is InChI=1S/C36H74O7Si4.C18H32O7Si/c1-20-38-29(37)25-26-21-22-27-30(39-26)32(42-46(16,17)35(5,6)7)33(43-47(18,19)36(8,9)10)31(40-27)28(23-24-44(11,12)13)41-45(14,15)34(2,3)4;1-5-23-14(20)10-11-6-7-13-18(24-11)16(22)15(21)17(25-13)12(19)8-9-26(2,3)4/h23-24,26-28,30-33H,20-22,25H2,1-19H3;8-9,11-13,15-19,21-22H,5-7,10H2,1-4H3/b24-23+;9-8+/t26-,27+,28?,30+,31+,32+,33?;11-,12+,13+,15+,16-,17+,18+/m11/s1. The van der Waals surface area contributed by atoms with Gasteiger partial charge in [0.25, 0.3) is 0 Å². The van der Waals surface area contributed by atoms with Crippen LogP contribution in [0.5, 0.6) is 0 Å². The number of aliphatic hydroxyl groups excluding tert-OH is 3. The van der Waals surface area contributed by atoms with Gasteiger partial charge in [-0.1, -0.05) is 125 Å². The Bertz CT molecular complexity index is 1810. The smallest absolute Gasteiger partial charge is 0.308 e. The Morgan fingerprint density at radius 3 is 1.37 bits per heavy atom. The largest absolute Gasteiger partial charge is 0.466 e. The van der Waals surface area contributed by atoms with Gasteiger partial charge in [-0.15, -0.1) is 0 Å². The van der Waals surface area contributed by atoms with Crippen LogP contribution in [0.25, 0.3) is 0 Å². The summed E-state index contributed by atoms with van der Waals surface area (Å²) >= 11 is 0. The Kier molecular flexibility index (Phi) is 23.6. The van der Waals surface area contributed by atoms with Crippen molar-refractivity contribution in [2.24, 2.45) is 0 Å². The van der Waals surface area contributed by atoms with E-state index in [-0.39, 0.29) is 82.6 Å². The average Bonchev–Trinajstić information content (AvgIpc) is 3.22. The lowest BCUT2D eigenvalue weighted by atomic mass is 9.87. The van der Waals surface area contributed by atoms with E-state index >= 15 is 0 Å². The Hall–Kier alpha value is -0.896. The minimum absolute atomic E-state index is 0.0222. The van der Waals surface area contributed by atoms with E-state index in [1.165, 1.54) is 0 Å². The first-order valence-electron chi connectivity index (χ1n) is 27.4. The van der Waals surface area contributed by atoms with Crippen LogP contribution in [0.2, 0.25) is 93.7 Å². The molecule has 2 unspecified atom stereocenters. The van der Waals surface area contributed by atoms with Crippen LogP contribution in [0.15, 0.2) is 23.6 Å². The highest BCUT2D eigenvalue weighted by Gasteiger charge is 2.58. The molecule has 0 aromatic carbocycles. The van der Waals surface area contributed by atoms with Gasteiger partial charge in [-0.3, -0.25) is 9.59 Å². The van der Waals surface area contributed by atoms with Crippen LogP contribution in [0.3, 0.4) is 0 Å². The van der Waals surface area contributed by atoms with E-state index in [9.17, 15) is 24.9 Å². The van der Waals surface area contributed by atoms with Gasteiger partial charge in [-0.2, -0.15) is 0 Å². The Labute approximate surface area is 448 Å². The number of ether oxygens (including phenoxy) is 6. The fourth-order valence-corrected chi connectivity index (χ4v) is 14.0. The summed E-state index contributed by atoms with van der Waals surface area (Å²) in [5.41, 5.74) is 4.39. The number of aliphatic hydroxyl groups is 3. The molecule has 14 nitrogen and oxygen atoms in total. The van der Waals surface area contributed by atoms with E-state index < -0.39 is 83.8 Å². The molecule has 0 aliphatic carbocycles. The molecule has 4 saturated heterocycles. The minimum Gasteiger partial charge on any atom is -0.466 e. The maximum absolute atomic E-state index is 12.6. The van der Waals surface area contributed by atoms with Crippen LogP contribution in [0.4, 0.5) is 0 Å². The third kappa shape index (κ3) is 19.2. The molecule has 0 amide bonds. The topological polar surface area (TPSA) is 178 Å². The molecule has 73 heavy (non-hydrogen) atoms. The van der Waals surface area contributed by atoms with Gasteiger partial charge in [0.05, 0.1) is 72.7 Å². The summed E-state index contributed by atoms with van der Waals surface area (Å²) in [6.07, 6.45) is -1.11. The molecular formula is C54H106O14Si5. The molecular weight excluding hydrogens is 1010 g/mol. The highest BCUT2D eigenvalue weighted by molar-refractivity contribution is 6.81. The Morgan fingerprint density at radius 1 is 0.548 bits per heavy atom. The van der Waals surface area contributed by atoms with Gasteiger partial charge >= 0.3 is 11.9 Å². The molecule has 4 fully saturated rings. The molecule has 0 radical (unpaired) electrons.